The minimum atomic E-state index is -1.35. The van der Waals surface area contributed by atoms with Crippen LogP contribution in [0.2, 0.25) is 0 Å². The summed E-state index contributed by atoms with van der Waals surface area (Å²) in [6.45, 7) is 1.95. The lowest BCUT2D eigenvalue weighted by Gasteiger charge is -2.38. The first-order chi connectivity index (χ1) is 25.1. The van der Waals surface area contributed by atoms with Crippen LogP contribution in [0.4, 0.5) is 26.0 Å². The highest BCUT2D eigenvalue weighted by Gasteiger charge is 2.36. The third-order valence-electron chi connectivity index (χ3n) is 9.73. The van der Waals surface area contributed by atoms with Gasteiger partial charge in [-0.15, -0.1) is 11.8 Å². The second-order valence-electron chi connectivity index (χ2n) is 13.2. The summed E-state index contributed by atoms with van der Waals surface area (Å²) < 4.78 is 38.8. The van der Waals surface area contributed by atoms with E-state index in [0.29, 0.717) is 48.8 Å². The number of halogens is 2. The smallest absolute Gasteiger partial charge is 0.349 e. The minimum absolute atomic E-state index is 0.00562. The van der Waals surface area contributed by atoms with E-state index in [1.807, 2.05) is 9.80 Å². The molecule has 3 aliphatic heterocycles. The summed E-state index contributed by atoms with van der Waals surface area (Å²) in [5, 5.41) is 18.9. The molecule has 4 aromatic rings. The molecule has 17 heteroatoms. The number of pyridine rings is 1. The molecule has 8 rings (SSSR count). The van der Waals surface area contributed by atoms with E-state index >= 15 is 4.39 Å². The molecule has 2 aromatic carbocycles. The van der Waals surface area contributed by atoms with Gasteiger partial charge in [0.25, 0.3) is 5.91 Å². The van der Waals surface area contributed by atoms with Crippen LogP contribution in [-0.2, 0) is 16.1 Å². The molecule has 1 aliphatic carbocycles. The van der Waals surface area contributed by atoms with E-state index in [0.717, 1.165) is 18.9 Å². The maximum Gasteiger partial charge on any atom is 0.349 e. The summed E-state index contributed by atoms with van der Waals surface area (Å²) in [6, 6.07) is 8.27. The van der Waals surface area contributed by atoms with Crippen molar-refractivity contribution in [3.63, 3.8) is 0 Å². The van der Waals surface area contributed by atoms with Gasteiger partial charge in [0.05, 0.1) is 42.8 Å². The van der Waals surface area contributed by atoms with E-state index in [4.69, 9.17) is 4.74 Å². The molecule has 52 heavy (non-hydrogen) atoms. The number of anilines is 2. The average molecular weight is 734 g/mol. The Morgan fingerprint density at radius 3 is 2.52 bits per heavy atom. The van der Waals surface area contributed by atoms with E-state index < -0.39 is 34.6 Å². The number of aromatic nitrogens is 3. The maximum atomic E-state index is 15.5. The number of carbonyl (C=O) groups excluding carboxylic acids is 1. The topological polar surface area (TPSA) is 163 Å². The van der Waals surface area contributed by atoms with Gasteiger partial charge in [-0.2, -0.15) is 4.98 Å². The van der Waals surface area contributed by atoms with E-state index in [1.165, 1.54) is 57.9 Å². The molecule has 0 bridgehead atoms. The summed E-state index contributed by atoms with van der Waals surface area (Å²) in [6.07, 6.45) is 4.26. The molecule has 2 unspecified atom stereocenters. The molecule has 2 atom stereocenters. The number of carboxylic acid groups (broad SMARTS) is 1. The zero-order valence-corrected chi connectivity index (χ0v) is 28.5. The highest BCUT2D eigenvalue weighted by atomic mass is 32.2. The normalized spacial score (nSPS) is 21.4. The number of carboxylic acids is 1. The number of nitrogens with zero attached hydrogens (tertiary/aromatic N) is 7. The summed E-state index contributed by atoms with van der Waals surface area (Å²) in [5.74, 6) is -2.41. The van der Waals surface area contributed by atoms with Crippen LogP contribution < -0.4 is 20.9 Å². The molecule has 0 spiro atoms. The molecule has 0 radical (unpaired) electrons. The van der Waals surface area contributed by atoms with Crippen LogP contribution in [0.15, 0.2) is 63.4 Å². The van der Waals surface area contributed by atoms with E-state index in [-0.39, 0.29) is 65.4 Å². The first kappa shape index (κ1) is 34.1. The first-order valence-electron chi connectivity index (χ1n) is 16.8. The van der Waals surface area contributed by atoms with Crippen molar-refractivity contribution in [3.05, 3.63) is 92.3 Å². The lowest BCUT2D eigenvalue weighted by Crippen LogP contribution is -2.51. The average Bonchev–Trinajstić information content (AvgIpc) is 3.82. The number of aliphatic hydroxyl groups is 1. The number of carbonyl (C=O) groups is 2. The summed E-state index contributed by atoms with van der Waals surface area (Å²) in [4.78, 5) is 65.0. The van der Waals surface area contributed by atoms with Gasteiger partial charge in [-0.25, -0.2) is 23.4 Å². The van der Waals surface area contributed by atoms with Gasteiger partial charge in [-0.1, -0.05) is 0 Å². The number of fused-ring (bicyclic) bond motifs is 2. The number of ether oxygens (including phenoxy) is 1. The standard InChI is InChI=1S/C35H33F2N7O7S/c36-19-1-4-26-22(11-19)31(38-29-5-6-42(35(50)39-29)14-21-17-52-30(16-45)51-21)33(47)44(26)18-40-7-9-41(10-8-40)28-13-27-23(12-25(28)37)32(46)24(34(48)49)15-43(27)20-2-3-20/h1,4-6,11-13,15,20-21,30,45H,2-3,7-10,14,16-18H2,(H,48,49). The quantitative estimate of drug-likeness (QED) is 0.260. The monoisotopic (exact) mass is 733 g/mol. The summed E-state index contributed by atoms with van der Waals surface area (Å²) in [7, 11) is 0. The predicted molar refractivity (Wildman–Crippen MR) is 189 cm³/mol. The Morgan fingerprint density at radius 1 is 1.04 bits per heavy atom. The number of aliphatic hydroxyl groups excluding tert-OH is 1. The van der Waals surface area contributed by atoms with Crippen molar-refractivity contribution in [1.29, 1.82) is 0 Å². The summed E-state index contributed by atoms with van der Waals surface area (Å²) >= 11 is 1.46. The number of amides is 1. The van der Waals surface area contributed by atoms with Gasteiger partial charge < -0.3 is 24.4 Å². The number of thioether (sulfide) groups is 1. The Kier molecular flexibility index (Phi) is 8.89. The molecular weight excluding hydrogens is 700 g/mol. The van der Waals surface area contributed by atoms with Gasteiger partial charge in [-0.3, -0.25) is 24.0 Å². The van der Waals surface area contributed by atoms with Crippen LogP contribution in [0.3, 0.4) is 0 Å². The van der Waals surface area contributed by atoms with Crippen LogP contribution in [0.1, 0.15) is 34.8 Å². The molecule has 2 saturated heterocycles. The van der Waals surface area contributed by atoms with Crippen molar-refractivity contribution < 1.29 is 33.3 Å². The SMILES string of the molecule is O=C(O)c1cn(C2CC2)c2cc(N3CCN(CN4C(=O)C(=Nc5ccn(CC6CSC(CO)O6)c(=O)n5)c5cc(F)ccc54)CC3)c(F)cc2c1=O. The molecule has 14 nitrogen and oxygen atoms in total. The van der Waals surface area contributed by atoms with Crippen LogP contribution in [0.25, 0.3) is 10.9 Å². The van der Waals surface area contributed by atoms with Crippen molar-refractivity contribution in [2.24, 2.45) is 4.99 Å². The van der Waals surface area contributed by atoms with Crippen molar-refractivity contribution in [3.8, 4) is 0 Å². The molecule has 4 aliphatic rings. The number of aliphatic imine (C=N–C) groups is 1. The van der Waals surface area contributed by atoms with Crippen molar-refractivity contribution in [2.75, 3.05) is 55.0 Å². The van der Waals surface area contributed by atoms with Crippen LogP contribution >= 0.6 is 11.8 Å². The Morgan fingerprint density at radius 2 is 1.83 bits per heavy atom. The molecule has 2 N–H and O–H groups in total. The van der Waals surface area contributed by atoms with Crippen molar-refractivity contribution in [2.45, 2.75) is 37.0 Å². The third kappa shape index (κ3) is 6.37. The molecule has 5 heterocycles. The Balaban J connectivity index is 0.989. The van der Waals surface area contributed by atoms with Gasteiger partial charge in [-0.05, 0) is 49.2 Å². The lowest BCUT2D eigenvalue weighted by molar-refractivity contribution is -0.112. The fourth-order valence-electron chi connectivity index (χ4n) is 6.93. The number of rotatable bonds is 9. The fourth-order valence-corrected chi connectivity index (χ4v) is 7.88. The second kappa shape index (κ2) is 13.5. The second-order valence-corrected chi connectivity index (χ2v) is 14.4. The van der Waals surface area contributed by atoms with Gasteiger partial charge in [0.15, 0.2) is 5.82 Å². The highest BCUT2D eigenvalue weighted by Crippen LogP contribution is 2.38. The van der Waals surface area contributed by atoms with Gasteiger partial charge >= 0.3 is 11.7 Å². The van der Waals surface area contributed by atoms with Crippen LogP contribution in [0.5, 0.6) is 0 Å². The zero-order valence-electron chi connectivity index (χ0n) is 27.7. The fraction of sp³-hybridized carbons (Fsp3) is 0.371. The Hall–Kier alpha value is -4.97. The molecular formula is C35H33F2N7O7S. The van der Waals surface area contributed by atoms with E-state index in [1.54, 1.807) is 10.6 Å². The predicted octanol–water partition coefficient (Wildman–Crippen LogP) is 2.57. The van der Waals surface area contributed by atoms with Crippen LogP contribution in [0, 0.1) is 11.6 Å². The van der Waals surface area contributed by atoms with E-state index in [9.17, 15) is 33.8 Å². The van der Waals surface area contributed by atoms with E-state index in [2.05, 4.69) is 9.98 Å². The minimum Gasteiger partial charge on any atom is -0.477 e. The number of hydrogen-bond donors (Lipinski definition) is 2. The summed E-state index contributed by atoms with van der Waals surface area (Å²) in [5.41, 5.74) is -0.578. The molecule has 2 aromatic heterocycles. The van der Waals surface area contributed by atoms with Crippen LogP contribution in [-0.4, -0.2) is 104 Å². The largest absolute Gasteiger partial charge is 0.477 e. The van der Waals surface area contributed by atoms with Crippen molar-refractivity contribution >= 4 is 57.4 Å². The number of piperazine rings is 1. The van der Waals surface area contributed by atoms with Gasteiger partial charge in [0.2, 0.25) is 5.43 Å². The molecule has 1 saturated carbocycles. The molecule has 270 valence electrons. The number of benzene rings is 2. The van der Waals surface area contributed by atoms with Gasteiger partial charge in [0, 0.05) is 61.3 Å². The first-order valence-corrected chi connectivity index (χ1v) is 17.9. The maximum absolute atomic E-state index is 15.5. The zero-order chi connectivity index (χ0) is 36.3. The molecule has 1 amide bonds. The van der Waals surface area contributed by atoms with Crippen molar-refractivity contribution in [1.82, 2.24) is 19.0 Å². The number of hydrogen-bond acceptors (Lipinski definition) is 11. The third-order valence-corrected chi connectivity index (χ3v) is 10.9. The lowest BCUT2D eigenvalue weighted by atomic mass is 10.1. The highest BCUT2D eigenvalue weighted by molar-refractivity contribution is 8.00. The number of aromatic carboxylic acids is 1. The Labute approximate surface area is 298 Å². The Bertz CT molecular complexity index is 2270. The molecule has 3 fully saturated rings. The van der Waals surface area contributed by atoms with Gasteiger partial charge in [0.1, 0.15) is 28.3 Å².